The van der Waals surface area contributed by atoms with Gasteiger partial charge in [0, 0.05) is 25.7 Å². The second-order valence-corrected chi connectivity index (χ2v) is 5.98. The Morgan fingerprint density at radius 1 is 0.929 bits per heavy atom. The number of aliphatic imine (C=N–C) groups is 1. The SMILES string of the molecule is CN=C(NCc1ccc2c(c1)OCO2)NCc1c(OC)cc(OC)cc1OC. The summed E-state index contributed by atoms with van der Waals surface area (Å²) in [5.41, 5.74) is 1.93. The van der Waals surface area contributed by atoms with Gasteiger partial charge < -0.3 is 34.3 Å². The fraction of sp³-hybridized carbons (Fsp3) is 0.350. The molecule has 2 aromatic carbocycles. The van der Waals surface area contributed by atoms with E-state index in [2.05, 4.69) is 15.6 Å². The monoisotopic (exact) mass is 387 g/mol. The van der Waals surface area contributed by atoms with Gasteiger partial charge in [0.15, 0.2) is 17.5 Å². The summed E-state index contributed by atoms with van der Waals surface area (Å²) in [6.45, 7) is 1.32. The molecule has 150 valence electrons. The van der Waals surface area contributed by atoms with E-state index < -0.39 is 0 Å². The van der Waals surface area contributed by atoms with Gasteiger partial charge in [-0.05, 0) is 17.7 Å². The number of nitrogens with one attached hydrogen (secondary N) is 2. The van der Waals surface area contributed by atoms with Crippen LogP contribution in [0.3, 0.4) is 0 Å². The van der Waals surface area contributed by atoms with E-state index in [0.717, 1.165) is 22.6 Å². The summed E-state index contributed by atoms with van der Waals surface area (Å²) in [4.78, 5) is 4.27. The van der Waals surface area contributed by atoms with Crippen LogP contribution in [0.15, 0.2) is 35.3 Å². The van der Waals surface area contributed by atoms with Crippen molar-refractivity contribution in [3.8, 4) is 28.7 Å². The van der Waals surface area contributed by atoms with Crippen LogP contribution in [0, 0.1) is 0 Å². The van der Waals surface area contributed by atoms with Gasteiger partial charge in [-0.25, -0.2) is 0 Å². The Kier molecular flexibility index (Phi) is 6.31. The molecular formula is C20H25N3O5. The molecule has 0 aromatic heterocycles. The fourth-order valence-corrected chi connectivity index (χ4v) is 2.88. The van der Waals surface area contributed by atoms with E-state index in [1.54, 1.807) is 28.4 Å². The first-order chi connectivity index (χ1) is 13.7. The average molecular weight is 387 g/mol. The number of nitrogens with zero attached hydrogens (tertiary/aromatic N) is 1. The number of ether oxygens (including phenoxy) is 5. The first-order valence-corrected chi connectivity index (χ1v) is 8.80. The molecule has 0 spiro atoms. The van der Waals surface area contributed by atoms with Crippen molar-refractivity contribution in [3.63, 3.8) is 0 Å². The Hall–Kier alpha value is -3.29. The molecule has 0 radical (unpaired) electrons. The third-order valence-corrected chi connectivity index (χ3v) is 4.37. The maximum absolute atomic E-state index is 5.48. The van der Waals surface area contributed by atoms with Gasteiger partial charge >= 0.3 is 0 Å². The van der Waals surface area contributed by atoms with E-state index >= 15 is 0 Å². The Morgan fingerprint density at radius 3 is 2.25 bits per heavy atom. The van der Waals surface area contributed by atoms with Gasteiger partial charge in [0.1, 0.15) is 17.2 Å². The van der Waals surface area contributed by atoms with Crippen molar-refractivity contribution >= 4 is 5.96 Å². The molecule has 1 heterocycles. The molecule has 0 fully saturated rings. The van der Waals surface area contributed by atoms with E-state index in [0.29, 0.717) is 36.3 Å². The predicted molar refractivity (Wildman–Crippen MR) is 106 cm³/mol. The van der Waals surface area contributed by atoms with Crippen LogP contribution >= 0.6 is 0 Å². The molecule has 0 saturated heterocycles. The molecule has 3 rings (SSSR count). The van der Waals surface area contributed by atoms with Gasteiger partial charge in [-0.3, -0.25) is 4.99 Å². The van der Waals surface area contributed by atoms with Crippen molar-refractivity contribution in [1.82, 2.24) is 10.6 Å². The minimum atomic E-state index is 0.265. The number of methoxy groups -OCH3 is 3. The van der Waals surface area contributed by atoms with Crippen LogP contribution in [-0.4, -0.2) is 41.1 Å². The van der Waals surface area contributed by atoms with E-state index in [1.165, 1.54) is 0 Å². The molecule has 0 aliphatic carbocycles. The summed E-state index contributed by atoms with van der Waals surface area (Å²) in [6, 6.07) is 9.49. The number of benzene rings is 2. The van der Waals surface area contributed by atoms with Gasteiger partial charge in [-0.1, -0.05) is 6.07 Å². The molecule has 0 atom stereocenters. The molecule has 2 N–H and O–H groups in total. The topological polar surface area (TPSA) is 82.6 Å². The standard InChI is InChI=1S/C20H25N3O5/c1-21-20(22-10-13-5-6-16-19(7-13)28-12-27-16)23-11-15-17(25-3)8-14(24-2)9-18(15)26-4/h5-9H,10-12H2,1-4H3,(H2,21,22,23). The fourth-order valence-electron chi connectivity index (χ4n) is 2.88. The highest BCUT2D eigenvalue weighted by atomic mass is 16.7. The zero-order valence-corrected chi connectivity index (χ0v) is 16.5. The van der Waals surface area contributed by atoms with Crippen molar-refractivity contribution in [3.05, 3.63) is 41.5 Å². The summed E-state index contributed by atoms with van der Waals surface area (Å²) in [7, 11) is 6.56. The Bertz CT molecular complexity index is 829. The van der Waals surface area contributed by atoms with Gasteiger partial charge in [-0.15, -0.1) is 0 Å². The van der Waals surface area contributed by atoms with Gasteiger partial charge in [0.25, 0.3) is 0 Å². The predicted octanol–water partition coefficient (Wildman–Crippen LogP) is 2.31. The molecular weight excluding hydrogens is 362 g/mol. The second-order valence-electron chi connectivity index (χ2n) is 5.98. The van der Waals surface area contributed by atoms with E-state index in [-0.39, 0.29) is 6.79 Å². The first-order valence-electron chi connectivity index (χ1n) is 8.80. The molecule has 0 bridgehead atoms. The van der Waals surface area contributed by atoms with Crippen molar-refractivity contribution in [1.29, 1.82) is 0 Å². The third kappa shape index (κ3) is 4.33. The summed E-state index contributed by atoms with van der Waals surface area (Å²) in [5, 5.41) is 6.56. The number of fused-ring (bicyclic) bond motifs is 1. The normalized spacial score (nSPS) is 12.5. The summed E-state index contributed by atoms with van der Waals surface area (Å²) in [6.07, 6.45) is 0. The lowest BCUT2D eigenvalue weighted by Gasteiger charge is -2.17. The minimum absolute atomic E-state index is 0.265. The Labute approximate surface area is 164 Å². The molecule has 28 heavy (non-hydrogen) atoms. The minimum Gasteiger partial charge on any atom is -0.496 e. The smallest absolute Gasteiger partial charge is 0.231 e. The van der Waals surface area contributed by atoms with Gasteiger partial charge in [-0.2, -0.15) is 0 Å². The van der Waals surface area contributed by atoms with Crippen LogP contribution in [0.4, 0.5) is 0 Å². The quantitative estimate of drug-likeness (QED) is 0.557. The van der Waals surface area contributed by atoms with Crippen LogP contribution in [-0.2, 0) is 13.1 Å². The Balaban J connectivity index is 1.64. The molecule has 1 aliphatic rings. The van der Waals surface area contributed by atoms with E-state index in [9.17, 15) is 0 Å². The molecule has 8 heteroatoms. The maximum atomic E-state index is 5.48. The average Bonchev–Trinajstić information content (AvgIpc) is 3.21. The first kappa shape index (κ1) is 19.5. The highest BCUT2D eigenvalue weighted by molar-refractivity contribution is 5.79. The van der Waals surface area contributed by atoms with E-state index in [1.807, 2.05) is 30.3 Å². The number of rotatable bonds is 7. The van der Waals surface area contributed by atoms with Crippen molar-refractivity contribution < 1.29 is 23.7 Å². The number of hydrogen-bond acceptors (Lipinski definition) is 6. The molecule has 8 nitrogen and oxygen atoms in total. The highest BCUT2D eigenvalue weighted by Crippen LogP contribution is 2.34. The lowest BCUT2D eigenvalue weighted by molar-refractivity contribution is 0.174. The zero-order chi connectivity index (χ0) is 19.9. The highest BCUT2D eigenvalue weighted by Gasteiger charge is 2.15. The van der Waals surface area contributed by atoms with Gasteiger partial charge in [0.2, 0.25) is 6.79 Å². The van der Waals surface area contributed by atoms with Crippen LogP contribution in [0.2, 0.25) is 0 Å². The summed E-state index contributed by atoms with van der Waals surface area (Å²) >= 11 is 0. The summed E-state index contributed by atoms with van der Waals surface area (Å²) < 4.78 is 27.0. The second kappa shape index (κ2) is 9.07. The van der Waals surface area contributed by atoms with Crippen LogP contribution in [0.25, 0.3) is 0 Å². The van der Waals surface area contributed by atoms with Crippen molar-refractivity contribution in [2.24, 2.45) is 4.99 Å². The molecule has 2 aromatic rings. The lowest BCUT2D eigenvalue weighted by atomic mass is 10.1. The molecule has 0 amide bonds. The number of hydrogen-bond donors (Lipinski definition) is 2. The molecule has 0 unspecified atom stereocenters. The zero-order valence-electron chi connectivity index (χ0n) is 16.5. The van der Waals surface area contributed by atoms with Crippen LogP contribution in [0.5, 0.6) is 28.7 Å². The maximum Gasteiger partial charge on any atom is 0.231 e. The Morgan fingerprint density at radius 2 is 1.61 bits per heavy atom. The van der Waals surface area contributed by atoms with Crippen LogP contribution in [0.1, 0.15) is 11.1 Å². The number of guanidine groups is 1. The third-order valence-electron chi connectivity index (χ3n) is 4.37. The van der Waals surface area contributed by atoms with Crippen molar-refractivity contribution in [2.45, 2.75) is 13.1 Å². The molecule has 1 aliphatic heterocycles. The van der Waals surface area contributed by atoms with Gasteiger partial charge in [0.05, 0.1) is 33.4 Å². The largest absolute Gasteiger partial charge is 0.496 e. The summed E-state index contributed by atoms with van der Waals surface area (Å²) in [5.74, 6) is 4.20. The van der Waals surface area contributed by atoms with Crippen LogP contribution < -0.4 is 34.3 Å². The van der Waals surface area contributed by atoms with E-state index in [4.69, 9.17) is 23.7 Å². The lowest BCUT2D eigenvalue weighted by Crippen LogP contribution is -2.36. The molecule has 0 saturated carbocycles. The van der Waals surface area contributed by atoms with Crippen molar-refractivity contribution in [2.75, 3.05) is 35.2 Å².